The van der Waals surface area contributed by atoms with E-state index in [1.165, 1.54) is 0 Å². The van der Waals surface area contributed by atoms with Gasteiger partial charge in [-0.3, -0.25) is 19.4 Å². The number of carbonyl (C=O) groups is 2. The summed E-state index contributed by atoms with van der Waals surface area (Å²) in [6, 6.07) is 13.0. The summed E-state index contributed by atoms with van der Waals surface area (Å²) in [5, 5.41) is 5.98. The minimum absolute atomic E-state index is 0.00699. The molecule has 166 valence electrons. The van der Waals surface area contributed by atoms with Gasteiger partial charge in [-0.15, -0.1) is 0 Å². The Kier molecular flexibility index (Phi) is 7.65. The average Bonchev–Trinajstić information content (AvgIpc) is 2.77. The predicted octanol–water partition coefficient (Wildman–Crippen LogP) is 2.90. The number of piperazine rings is 1. The Balaban J connectivity index is 1.45. The molecule has 2 aromatic carbocycles. The summed E-state index contributed by atoms with van der Waals surface area (Å²) in [5.41, 5.74) is 3.87. The number of nitrogens with one attached hydrogen (secondary N) is 2. The highest BCUT2D eigenvalue weighted by molar-refractivity contribution is 5.94. The van der Waals surface area contributed by atoms with Gasteiger partial charge in [-0.2, -0.15) is 0 Å². The number of nitrogens with zero attached hydrogens (tertiary/aromatic N) is 2. The molecule has 0 saturated carbocycles. The number of hydrogen-bond acceptors (Lipinski definition) is 5. The van der Waals surface area contributed by atoms with E-state index in [0.717, 1.165) is 54.4 Å². The fourth-order valence-electron chi connectivity index (χ4n) is 3.67. The third kappa shape index (κ3) is 6.06. The quantitative estimate of drug-likeness (QED) is 0.715. The third-order valence-corrected chi connectivity index (χ3v) is 5.94. The highest BCUT2D eigenvalue weighted by Gasteiger charge is 2.26. The molecule has 3 rings (SSSR count). The Bertz CT molecular complexity index is 906. The lowest BCUT2D eigenvalue weighted by Crippen LogP contribution is -2.53. The maximum Gasteiger partial charge on any atom is 0.241 e. The number of anilines is 2. The van der Waals surface area contributed by atoms with Crippen LogP contribution in [-0.2, 0) is 9.59 Å². The van der Waals surface area contributed by atoms with Crippen LogP contribution in [0.2, 0.25) is 0 Å². The zero-order valence-electron chi connectivity index (χ0n) is 18.8. The van der Waals surface area contributed by atoms with Crippen LogP contribution in [0, 0.1) is 13.8 Å². The van der Waals surface area contributed by atoms with E-state index >= 15 is 0 Å². The largest absolute Gasteiger partial charge is 0.497 e. The van der Waals surface area contributed by atoms with Crippen LogP contribution in [0.5, 0.6) is 5.75 Å². The molecule has 1 aliphatic rings. The topological polar surface area (TPSA) is 73.9 Å². The SMILES string of the molecule is COc1ccc(NC(=O)C(C)N2CCN(CC(=O)Nc3cccc(C)c3C)CC2)cc1. The van der Waals surface area contributed by atoms with E-state index in [9.17, 15) is 9.59 Å². The second-order valence-electron chi connectivity index (χ2n) is 8.00. The van der Waals surface area contributed by atoms with Gasteiger partial charge in [0.1, 0.15) is 5.75 Å². The lowest BCUT2D eigenvalue weighted by Gasteiger charge is -2.37. The number of benzene rings is 2. The van der Waals surface area contributed by atoms with Gasteiger partial charge in [-0.25, -0.2) is 0 Å². The van der Waals surface area contributed by atoms with Crippen LogP contribution in [-0.4, -0.2) is 67.5 Å². The van der Waals surface area contributed by atoms with Gasteiger partial charge in [-0.05, 0) is 62.2 Å². The molecule has 31 heavy (non-hydrogen) atoms. The molecule has 1 saturated heterocycles. The number of amides is 2. The summed E-state index contributed by atoms with van der Waals surface area (Å²) in [6.45, 7) is 9.32. The number of rotatable bonds is 7. The maximum absolute atomic E-state index is 12.6. The van der Waals surface area contributed by atoms with Crippen molar-refractivity contribution >= 4 is 23.2 Å². The van der Waals surface area contributed by atoms with E-state index < -0.39 is 0 Å². The normalized spacial score (nSPS) is 15.9. The first-order chi connectivity index (χ1) is 14.9. The van der Waals surface area contributed by atoms with Crippen LogP contribution in [0.1, 0.15) is 18.1 Å². The molecule has 2 N–H and O–H groups in total. The Morgan fingerprint density at radius 1 is 1.00 bits per heavy atom. The molecule has 1 heterocycles. The van der Waals surface area contributed by atoms with E-state index in [4.69, 9.17) is 4.74 Å². The smallest absolute Gasteiger partial charge is 0.241 e. The molecule has 7 heteroatoms. The monoisotopic (exact) mass is 424 g/mol. The molecular weight excluding hydrogens is 392 g/mol. The lowest BCUT2D eigenvalue weighted by atomic mass is 10.1. The van der Waals surface area contributed by atoms with Crippen LogP contribution in [0.4, 0.5) is 11.4 Å². The number of ether oxygens (including phenoxy) is 1. The van der Waals surface area contributed by atoms with Crippen LogP contribution in [0.3, 0.4) is 0 Å². The van der Waals surface area contributed by atoms with Gasteiger partial charge in [0, 0.05) is 37.6 Å². The van der Waals surface area contributed by atoms with Crippen molar-refractivity contribution in [1.82, 2.24) is 9.80 Å². The van der Waals surface area contributed by atoms with Crippen molar-refractivity contribution in [3.8, 4) is 5.75 Å². The molecule has 0 bridgehead atoms. The van der Waals surface area contributed by atoms with Crippen LogP contribution < -0.4 is 15.4 Å². The van der Waals surface area contributed by atoms with Crippen molar-refractivity contribution in [1.29, 1.82) is 0 Å². The fourth-order valence-corrected chi connectivity index (χ4v) is 3.67. The summed E-state index contributed by atoms with van der Waals surface area (Å²) in [5.74, 6) is 0.711. The zero-order valence-corrected chi connectivity index (χ0v) is 18.8. The van der Waals surface area contributed by atoms with Gasteiger partial charge in [0.25, 0.3) is 0 Å². The third-order valence-electron chi connectivity index (χ3n) is 5.94. The molecule has 2 aromatic rings. The number of carbonyl (C=O) groups excluding carboxylic acids is 2. The van der Waals surface area contributed by atoms with Crippen LogP contribution in [0.25, 0.3) is 0 Å². The Hall–Kier alpha value is -2.90. The van der Waals surface area contributed by atoms with Crippen LogP contribution in [0.15, 0.2) is 42.5 Å². The summed E-state index contributed by atoms with van der Waals surface area (Å²) in [4.78, 5) is 29.4. The standard InChI is InChI=1S/C24H32N4O3/c1-17-6-5-7-22(18(17)2)26-23(29)16-27-12-14-28(15-13-27)19(3)24(30)25-20-8-10-21(31-4)11-9-20/h5-11,19H,12-16H2,1-4H3,(H,25,30)(H,26,29). The van der Waals surface area contributed by atoms with E-state index in [1.54, 1.807) is 7.11 Å². The van der Waals surface area contributed by atoms with Gasteiger partial charge in [0.15, 0.2) is 0 Å². The van der Waals surface area contributed by atoms with Crippen molar-refractivity contribution in [3.63, 3.8) is 0 Å². The zero-order chi connectivity index (χ0) is 22.4. The molecule has 1 aliphatic heterocycles. The highest BCUT2D eigenvalue weighted by Crippen LogP contribution is 2.18. The molecule has 0 aromatic heterocycles. The van der Waals surface area contributed by atoms with E-state index in [-0.39, 0.29) is 17.9 Å². The predicted molar refractivity (Wildman–Crippen MR) is 124 cm³/mol. The van der Waals surface area contributed by atoms with Gasteiger partial charge < -0.3 is 15.4 Å². The van der Waals surface area contributed by atoms with E-state index in [2.05, 4.69) is 20.4 Å². The lowest BCUT2D eigenvalue weighted by molar-refractivity contribution is -0.122. The van der Waals surface area contributed by atoms with Crippen LogP contribution >= 0.6 is 0 Å². The Morgan fingerprint density at radius 2 is 1.68 bits per heavy atom. The fraction of sp³-hybridized carbons (Fsp3) is 0.417. The average molecular weight is 425 g/mol. The van der Waals surface area contributed by atoms with Gasteiger partial charge in [0.05, 0.1) is 19.7 Å². The second kappa shape index (κ2) is 10.4. The number of aryl methyl sites for hydroxylation is 1. The van der Waals surface area contributed by atoms with Crippen molar-refractivity contribution in [3.05, 3.63) is 53.6 Å². The molecule has 0 spiro atoms. The minimum Gasteiger partial charge on any atom is -0.497 e. The Morgan fingerprint density at radius 3 is 2.32 bits per heavy atom. The highest BCUT2D eigenvalue weighted by atomic mass is 16.5. The molecule has 1 atom stereocenters. The molecule has 1 unspecified atom stereocenters. The molecule has 1 fully saturated rings. The first-order valence-corrected chi connectivity index (χ1v) is 10.6. The summed E-state index contributed by atoms with van der Waals surface area (Å²) < 4.78 is 5.14. The number of methoxy groups -OCH3 is 1. The Labute approximate surface area is 184 Å². The van der Waals surface area contributed by atoms with Crippen molar-refractivity contribution in [2.24, 2.45) is 0 Å². The molecule has 7 nitrogen and oxygen atoms in total. The van der Waals surface area contributed by atoms with E-state index in [0.29, 0.717) is 6.54 Å². The summed E-state index contributed by atoms with van der Waals surface area (Å²) >= 11 is 0. The first-order valence-electron chi connectivity index (χ1n) is 10.6. The molecule has 2 amide bonds. The maximum atomic E-state index is 12.6. The van der Waals surface area contributed by atoms with Crippen molar-refractivity contribution in [2.75, 3.05) is 50.5 Å². The summed E-state index contributed by atoms with van der Waals surface area (Å²) in [6.07, 6.45) is 0. The van der Waals surface area contributed by atoms with Crippen molar-refractivity contribution in [2.45, 2.75) is 26.8 Å². The molecule has 0 aliphatic carbocycles. The van der Waals surface area contributed by atoms with Gasteiger partial charge in [0.2, 0.25) is 11.8 Å². The first kappa shape index (κ1) is 22.8. The minimum atomic E-state index is -0.243. The molecule has 0 radical (unpaired) electrons. The van der Waals surface area contributed by atoms with Gasteiger partial charge in [-0.1, -0.05) is 12.1 Å². The summed E-state index contributed by atoms with van der Waals surface area (Å²) in [7, 11) is 1.61. The van der Waals surface area contributed by atoms with Gasteiger partial charge >= 0.3 is 0 Å². The molecular formula is C24H32N4O3. The number of hydrogen-bond donors (Lipinski definition) is 2. The van der Waals surface area contributed by atoms with E-state index in [1.807, 2.05) is 63.2 Å². The van der Waals surface area contributed by atoms with Crippen molar-refractivity contribution < 1.29 is 14.3 Å². The second-order valence-corrected chi connectivity index (χ2v) is 8.00.